The molecule has 1 aliphatic rings. The van der Waals surface area contributed by atoms with Crippen LogP contribution in [-0.4, -0.2) is 41.6 Å². The molecule has 4 rings (SSSR count). The highest BCUT2D eigenvalue weighted by Crippen LogP contribution is 2.19. The van der Waals surface area contributed by atoms with Crippen LogP contribution in [0, 0.1) is 6.92 Å². The van der Waals surface area contributed by atoms with Crippen LogP contribution in [0.25, 0.3) is 11.3 Å². The van der Waals surface area contributed by atoms with Crippen molar-refractivity contribution in [3.63, 3.8) is 0 Å². The fraction of sp³-hybridized carbons (Fsp3) is 0.346. The monoisotopic (exact) mass is 428 g/mol. The maximum atomic E-state index is 4.85. The van der Waals surface area contributed by atoms with E-state index in [0.717, 1.165) is 55.5 Å². The number of aromatic nitrogens is 2. The summed E-state index contributed by atoms with van der Waals surface area (Å²) in [5.41, 5.74) is 4.47. The number of pyridine rings is 2. The molecule has 0 atom stereocenters. The van der Waals surface area contributed by atoms with Gasteiger partial charge in [-0.15, -0.1) is 0 Å². The molecule has 1 aliphatic heterocycles. The Morgan fingerprint density at radius 2 is 1.94 bits per heavy atom. The van der Waals surface area contributed by atoms with Crippen molar-refractivity contribution in [1.29, 1.82) is 0 Å². The van der Waals surface area contributed by atoms with Crippen LogP contribution in [0.3, 0.4) is 0 Å². The molecule has 0 spiro atoms. The van der Waals surface area contributed by atoms with E-state index in [4.69, 9.17) is 4.99 Å². The number of anilines is 1. The van der Waals surface area contributed by atoms with Gasteiger partial charge in [0, 0.05) is 43.6 Å². The van der Waals surface area contributed by atoms with Crippen molar-refractivity contribution in [2.75, 3.05) is 24.5 Å². The van der Waals surface area contributed by atoms with Crippen molar-refractivity contribution in [1.82, 2.24) is 20.6 Å². The molecular formula is C26H32N6. The second kappa shape index (κ2) is 10.8. The smallest absolute Gasteiger partial charge is 0.191 e. The number of guanidine groups is 1. The number of hydrogen-bond donors (Lipinski definition) is 2. The molecule has 0 unspecified atom stereocenters. The molecule has 3 aromatic rings. The molecule has 1 fully saturated rings. The van der Waals surface area contributed by atoms with Crippen LogP contribution >= 0.6 is 0 Å². The molecule has 0 bridgehead atoms. The SMILES string of the molecule is CCNC(=NCc1cccc(-c2ccccn2)c1)NC1CCN(c2ccc(C)cn2)CC1. The number of aryl methyl sites for hydroxylation is 1. The third-order valence-electron chi connectivity index (χ3n) is 5.71. The lowest BCUT2D eigenvalue weighted by Gasteiger charge is -2.33. The zero-order valence-corrected chi connectivity index (χ0v) is 19.0. The van der Waals surface area contributed by atoms with Gasteiger partial charge in [0.05, 0.1) is 12.2 Å². The molecule has 1 saturated heterocycles. The van der Waals surface area contributed by atoms with Gasteiger partial charge in [0.2, 0.25) is 0 Å². The number of nitrogens with one attached hydrogen (secondary N) is 2. The number of hydrogen-bond acceptors (Lipinski definition) is 4. The minimum atomic E-state index is 0.411. The summed E-state index contributed by atoms with van der Waals surface area (Å²) < 4.78 is 0. The first-order valence-corrected chi connectivity index (χ1v) is 11.4. The average molecular weight is 429 g/mol. The van der Waals surface area contributed by atoms with Crippen molar-refractivity contribution in [3.8, 4) is 11.3 Å². The molecule has 0 saturated carbocycles. The van der Waals surface area contributed by atoms with Gasteiger partial charge in [-0.2, -0.15) is 0 Å². The van der Waals surface area contributed by atoms with Gasteiger partial charge in [-0.1, -0.05) is 30.3 Å². The van der Waals surface area contributed by atoms with E-state index in [2.05, 4.69) is 75.7 Å². The Kier molecular flexibility index (Phi) is 7.33. The zero-order chi connectivity index (χ0) is 22.2. The average Bonchev–Trinajstić information content (AvgIpc) is 2.84. The molecule has 6 heteroatoms. The minimum absolute atomic E-state index is 0.411. The van der Waals surface area contributed by atoms with Crippen molar-refractivity contribution in [2.45, 2.75) is 39.3 Å². The van der Waals surface area contributed by atoms with E-state index in [-0.39, 0.29) is 0 Å². The van der Waals surface area contributed by atoms with Crippen LogP contribution in [-0.2, 0) is 6.54 Å². The fourth-order valence-electron chi connectivity index (χ4n) is 3.95. The molecular weight excluding hydrogens is 396 g/mol. The Morgan fingerprint density at radius 1 is 1.06 bits per heavy atom. The summed E-state index contributed by atoms with van der Waals surface area (Å²) in [5, 5.41) is 7.03. The van der Waals surface area contributed by atoms with Crippen molar-refractivity contribution < 1.29 is 0 Å². The molecule has 2 aromatic heterocycles. The van der Waals surface area contributed by atoms with Crippen LogP contribution in [0.4, 0.5) is 5.82 Å². The predicted molar refractivity (Wildman–Crippen MR) is 132 cm³/mol. The summed E-state index contributed by atoms with van der Waals surface area (Å²) in [6.07, 6.45) is 5.90. The fourth-order valence-corrected chi connectivity index (χ4v) is 3.95. The number of piperidine rings is 1. The van der Waals surface area contributed by atoms with Gasteiger partial charge in [0.1, 0.15) is 5.82 Å². The number of benzene rings is 1. The van der Waals surface area contributed by atoms with Crippen molar-refractivity contribution in [2.24, 2.45) is 4.99 Å². The molecule has 166 valence electrons. The highest BCUT2D eigenvalue weighted by molar-refractivity contribution is 5.80. The van der Waals surface area contributed by atoms with E-state index in [1.54, 1.807) is 0 Å². The summed E-state index contributed by atoms with van der Waals surface area (Å²) in [4.78, 5) is 16.2. The van der Waals surface area contributed by atoms with Gasteiger partial charge < -0.3 is 15.5 Å². The quantitative estimate of drug-likeness (QED) is 0.456. The highest BCUT2D eigenvalue weighted by Gasteiger charge is 2.20. The summed E-state index contributed by atoms with van der Waals surface area (Å²) in [6.45, 7) is 7.64. The maximum Gasteiger partial charge on any atom is 0.191 e. The van der Waals surface area contributed by atoms with E-state index in [0.29, 0.717) is 12.6 Å². The third-order valence-corrected chi connectivity index (χ3v) is 5.71. The lowest BCUT2D eigenvalue weighted by atomic mass is 10.1. The lowest BCUT2D eigenvalue weighted by molar-refractivity contribution is 0.459. The zero-order valence-electron chi connectivity index (χ0n) is 19.0. The van der Waals surface area contributed by atoms with E-state index >= 15 is 0 Å². The van der Waals surface area contributed by atoms with Crippen molar-refractivity contribution in [3.05, 3.63) is 78.1 Å². The highest BCUT2D eigenvalue weighted by atomic mass is 15.2. The summed E-state index contributed by atoms with van der Waals surface area (Å²) >= 11 is 0. The Labute approximate surface area is 190 Å². The maximum absolute atomic E-state index is 4.85. The second-order valence-electron chi connectivity index (χ2n) is 8.21. The predicted octanol–water partition coefficient (Wildman–Crippen LogP) is 4.18. The first-order chi connectivity index (χ1) is 15.7. The van der Waals surface area contributed by atoms with Gasteiger partial charge in [-0.05, 0) is 62.1 Å². The second-order valence-corrected chi connectivity index (χ2v) is 8.21. The van der Waals surface area contributed by atoms with Gasteiger partial charge in [-0.25, -0.2) is 9.98 Å². The minimum Gasteiger partial charge on any atom is -0.357 e. The van der Waals surface area contributed by atoms with Crippen LogP contribution in [0.1, 0.15) is 30.9 Å². The normalized spacial score (nSPS) is 14.9. The molecule has 0 amide bonds. The standard InChI is InChI=1S/C26H32N6/c1-3-27-26(30-19-21-7-6-8-22(17-21)24-9-4-5-14-28-24)31-23-12-15-32(16-13-23)25-11-10-20(2)18-29-25/h4-11,14,17-18,23H,3,12-13,15-16,19H2,1-2H3,(H2,27,30,31). The van der Waals surface area contributed by atoms with Crippen LogP contribution in [0.15, 0.2) is 72.0 Å². The summed E-state index contributed by atoms with van der Waals surface area (Å²) in [5.74, 6) is 1.95. The van der Waals surface area contributed by atoms with E-state index in [9.17, 15) is 0 Å². The van der Waals surface area contributed by atoms with Gasteiger partial charge in [0.25, 0.3) is 0 Å². The largest absolute Gasteiger partial charge is 0.357 e. The van der Waals surface area contributed by atoms with Crippen LogP contribution in [0.2, 0.25) is 0 Å². The Balaban J connectivity index is 1.35. The lowest BCUT2D eigenvalue weighted by Crippen LogP contribution is -2.48. The molecule has 0 aliphatic carbocycles. The van der Waals surface area contributed by atoms with Gasteiger partial charge >= 0.3 is 0 Å². The summed E-state index contributed by atoms with van der Waals surface area (Å²) in [7, 11) is 0. The van der Waals surface area contributed by atoms with Crippen LogP contribution < -0.4 is 15.5 Å². The molecule has 32 heavy (non-hydrogen) atoms. The van der Waals surface area contributed by atoms with Gasteiger partial charge in [-0.3, -0.25) is 4.98 Å². The van der Waals surface area contributed by atoms with E-state index in [1.165, 1.54) is 11.1 Å². The molecule has 1 aromatic carbocycles. The topological polar surface area (TPSA) is 65.4 Å². The van der Waals surface area contributed by atoms with Crippen LogP contribution in [0.5, 0.6) is 0 Å². The summed E-state index contributed by atoms with van der Waals surface area (Å²) in [6, 6.07) is 19.1. The Morgan fingerprint density at radius 3 is 2.66 bits per heavy atom. The van der Waals surface area contributed by atoms with Gasteiger partial charge in [0.15, 0.2) is 5.96 Å². The first-order valence-electron chi connectivity index (χ1n) is 11.4. The van der Waals surface area contributed by atoms with E-state index in [1.807, 2.05) is 30.6 Å². The molecule has 2 N–H and O–H groups in total. The Bertz CT molecular complexity index is 1010. The number of nitrogens with zero attached hydrogens (tertiary/aromatic N) is 4. The molecule has 3 heterocycles. The van der Waals surface area contributed by atoms with E-state index < -0.39 is 0 Å². The number of rotatable bonds is 6. The number of aliphatic imine (C=N–C) groups is 1. The first kappa shape index (κ1) is 21.8. The molecule has 6 nitrogen and oxygen atoms in total. The molecule has 0 radical (unpaired) electrons. The third kappa shape index (κ3) is 5.84. The van der Waals surface area contributed by atoms with Crippen molar-refractivity contribution >= 4 is 11.8 Å². The Hall–Kier alpha value is -3.41.